The van der Waals surface area contributed by atoms with Gasteiger partial charge >= 0.3 is 0 Å². The Morgan fingerprint density at radius 1 is 1.17 bits per heavy atom. The molecule has 0 atom stereocenters. The number of aryl methyl sites for hydroxylation is 2. The quantitative estimate of drug-likeness (QED) is 0.620. The Morgan fingerprint density at radius 2 is 1.92 bits per heavy atom. The summed E-state index contributed by atoms with van der Waals surface area (Å²) in [6.45, 7) is 12.2. The van der Waals surface area contributed by atoms with Crippen LogP contribution in [0.1, 0.15) is 50.4 Å². The predicted octanol–water partition coefficient (Wildman–Crippen LogP) is 6.05. The standard InChI is InChI=1S/C21H31NOSi/c1-21(2,3)24(5,6)23-15-19-13-18-12-16-10-8-7-9-11-17(16)14-20(18)22(19)4/h9,11-14H,7-8,10,15H2,1-6H3. The molecular formula is C21H31NOSi. The molecule has 0 saturated heterocycles. The Labute approximate surface area is 147 Å². The van der Waals surface area contributed by atoms with E-state index in [-0.39, 0.29) is 5.04 Å². The van der Waals surface area contributed by atoms with Gasteiger partial charge in [-0.2, -0.15) is 0 Å². The van der Waals surface area contributed by atoms with E-state index in [0.29, 0.717) is 6.61 Å². The molecule has 2 nitrogen and oxygen atoms in total. The summed E-state index contributed by atoms with van der Waals surface area (Å²) < 4.78 is 8.75. The van der Waals surface area contributed by atoms with Crippen molar-refractivity contribution in [2.75, 3.05) is 0 Å². The molecule has 0 amide bonds. The van der Waals surface area contributed by atoms with Crippen LogP contribution < -0.4 is 0 Å². The largest absolute Gasteiger partial charge is 0.411 e. The second kappa shape index (κ2) is 6.20. The summed E-state index contributed by atoms with van der Waals surface area (Å²) >= 11 is 0. The molecule has 24 heavy (non-hydrogen) atoms. The van der Waals surface area contributed by atoms with Crippen LogP contribution in [-0.4, -0.2) is 12.9 Å². The summed E-state index contributed by atoms with van der Waals surface area (Å²) in [5.41, 5.74) is 5.46. The lowest BCUT2D eigenvalue weighted by molar-refractivity contribution is 0.269. The Hall–Kier alpha value is -1.32. The normalized spacial score (nSPS) is 15.6. The van der Waals surface area contributed by atoms with E-state index in [9.17, 15) is 0 Å². The average molecular weight is 342 g/mol. The van der Waals surface area contributed by atoms with Gasteiger partial charge in [-0.15, -0.1) is 0 Å². The van der Waals surface area contributed by atoms with Crippen LogP contribution in [0.4, 0.5) is 0 Å². The summed E-state index contributed by atoms with van der Waals surface area (Å²) in [5, 5.41) is 1.60. The van der Waals surface area contributed by atoms with Crippen LogP contribution in [0.15, 0.2) is 24.3 Å². The molecule has 0 unspecified atom stereocenters. The third kappa shape index (κ3) is 3.24. The van der Waals surface area contributed by atoms with Crippen molar-refractivity contribution in [1.29, 1.82) is 0 Å². The van der Waals surface area contributed by atoms with Gasteiger partial charge in [-0.1, -0.05) is 32.9 Å². The maximum atomic E-state index is 6.44. The average Bonchev–Trinajstić information content (AvgIpc) is 2.67. The summed E-state index contributed by atoms with van der Waals surface area (Å²) in [6.07, 6.45) is 8.23. The van der Waals surface area contributed by atoms with Gasteiger partial charge in [0.1, 0.15) is 0 Å². The van der Waals surface area contributed by atoms with E-state index in [1.165, 1.54) is 47.0 Å². The number of aromatic nitrogens is 1. The van der Waals surface area contributed by atoms with Crippen LogP contribution in [0.3, 0.4) is 0 Å². The summed E-state index contributed by atoms with van der Waals surface area (Å²) in [7, 11) is 0.450. The highest BCUT2D eigenvalue weighted by atomic mass is 28.4. The first-order valence-corrected chi connectivity index (χ1v) is 12.0. The molecule has 0 radical (unpaired) electrons. The van der Waals surface area contributed by atoms with Crippen molar-refractivity contribution < 1.29 is 4.43 Å². The number of benzene rings is 1. The zero-order valence-electron chi connectivity index (χ0n) is 16.1. The third-order valence-electron chi connectivity index (χ3n) is 5.90. The van der Waals surface area contributed by atoms with Crippen molar-refractivity contribution >= 4 is 25.3 Å². The Bertz CT molecular complexity index is 777. The molecule has 3 heteroatoms. The maximum absolute atomic E-state index is 6.44. The second-order valence-corrected chi connectivity index (χ2v) is 13.5. The molecule has 1 aliphatic carbocycles. The first-order valence-electron chi connectivity index (χ1n) is 9.11. The first kappa shape index (κ1) is 17.5. The van der Waals surface area contributed by atoms with E-state index < -0.39 is 8.32 Å². The van der Waals surface area contributed by atoms with Gasteiger partial charge in [0.15, 0.2) is 8.32 Å². The minimum Gasteiger partial charge on any atom is -0.411 e. The molecule has 1 aromatic heterocycles. The SMILES string of the molecule is Cn1c(CO[Si](C)(C)C(C)(C)C)cc2cc3c(cc21)C=CCCC3. The minimum atomic E-state index is -1.72. The molecule has 0 saturated carbocycles. The van der Waals surface area contributed by atoms with Crippen LogP contribution in [-0.2, 0) is 24.5 Å². The number of hydrogen-bond acceptors (Lipinski definition) is 1. The van der Waals surface area contributed by atoms with Crippen LogP contribution in [0.5, 0.6) is 0 Å². The van der Waals surface area contributed by atoms with Crippen LogP contribution in [0, 0.1) is 0 Å². The summed E-state index contributed by atoms with van der Waals surface area (Å²) in [4.78, 5) is 0. The third-order valence-corrected chi connectivity index (χ3v) is 10.4. The van der Waals surface area contributed by atoms with Gasteiger partial charge in [0.2, 0.25) is 0 Å². The molecule has 1 aliphatic rings. The zero-order valence-corrected chi connectivity index (χ0v) is 17.1. The number of rotatable bonds is 3. The fourth-order valence-corrected chi connectivity index (χ4v) is 4.05. The van der Waals surface area contributed by atoms with Gasteiger partial charge in [0, 0.05) is 23.6 Å². The van der Waals surface area contributed by atoms with E-state index in [0.717, 1.165) is 0 Å². The van der Waals surface area contributed by atoms with Gasteiger partial charge in [0.25, 0.3) is 0 Å². The topological polar surface area (TPSA) is 14.2 Å². The lowest BCUT2D eigenvalue weighted by atomic mass is 10.0. The van der Waals surface area contributed by atoms with Crippen molar-refractivity contribution in [3.8, 4) is 0 Å². The fourth-order valence-electron chi connectivity index (χ4n) is 3.11. The molecule has 0 fully saturated rings. The monoisotopic (exact) mass is 341 g/mol. The maximum Gasteiger partial charge on any atom is 0.192 e. The molecule has 0 spiro atoms. The zero-order chi connectivity index (χ0) is 17.5. The number of fused-ring (bicyclic) bond motifs is 2. The number of hydrogen-bond donors (Lipinski definition) is 0. The van der Waals surface area contributed by atoms with Crippen molar-refractivity contribution in [1.82, 2.24) is 4.57 Å². The van der Waals surface area contributed by atoms with Gasteiger partial charge in [0.05, 0.1) is 6.61 Å². The highest BCUT2D eigenvalue weighted by Gasteiger charge is 2.37. The molecule has 2 aromatic rings. The van der Waals surface area contributed by atoms with Crippen LogP contribution >= 0.6 is 0 Å². The van der Waals surface area contributed by atoms with E-state index in [1.54, 1.807) is 0 Å². The summed E-state index contributed by atoms with van der Waals surface area (Å²) in [5.74, 6) is 0. The number of nitrogens with zero attached hydrogens (tertiary/aromatic N) is 1. The first-order chi connectivity index (χ1) is 11.2. The molecule has 130 valence electrons. The molecule has 0 N–H and O–H groups in total. The van der Waals surface area contributed by atoms with Crippen molar-refractivity contribution in [3.05, 3.63) is 41.1 Å². The van der Waals surface area contributed by atoms with Gasteiger partial charge in [-0.25, -0.2) is 0 Å². The Kier molecular flexibility index (Phi) is 4.52. The predicted molar refractivity (Wildman–Crippen MR) is 107 cm³/mol. The Morgan fingerprint density at radius 3 is 2.62 bits per heavy atom. The number of allylic oxidation sites excluding steroid dienone is 1. The lowest BCUT2D eigenvalue weighted by Crippen LogP contribution is -2.40. The van der Waals surface area contributed by atoms with Gasteiger partial charge < -0.3 is 8.99 Å². The van der Waals surface area contributed by atoms with E-state index in [1.807, 2.05) is 0 Å². The Balaban J connectivity index is 1.92. The minimum absolute atomic E-state index is 0.250. The van der Waals surface area contributed by atoms with Gasteiger partial charge in [-0.3, -0.25) is 0 Å². The van der Waals surface area contributed by atoms with E-state index >= 15 is 0 Å². The molecule has 0 bridgehead atoms. The summed E-state index contributed by atoms with van der Waals surface area (Å²) in [6, 6.07) is 7.05. The van der Waals surface area contributed by atoms with Crippen molar-refractivity contribution in [3.63, 3.8) is 0 Å². The van der Waals surface area contributed by atoms with Crippen LogP contribution in [0.25, 0.3) is 17.0 Å². The van der Waals surface area contributed by atoms with E-state index in [2.05, 4.69) is 75.8 Å². The highest BCUT2D eigenvalue weighted by Crippen LogP contribution is 2.37. The second-order valence-electron chi connectivity index (χ2n) is 8.65. The van der Waals surface area contributed by atoms with E-state index in [4.69, 9.17) is 4.43 Å². The fraction of sp³-hybridized carbons (Fsp3) is 0.524. The smallest absolute Gasteiger partial charge is 0.192 e. The lowest BCUT2D eigenvalue weighted by Gasteiger charge is -2.36. The molecule has 1 aromatic carbocycles. The molecule has 3 rings (SSSR count). The molecule has 0 aliphatic heterocycles. The highest BCUT2D eigenvalue weighted by molar-refractivity contribution is 6.74. The molecular weight excluding hydrogens is 310 g/mol. The van der Waals surface area contributed by atoms with Crippen molar-refractivity contribution in [2.45, 2.75) is 64.8 Å². The molecule has 1 heterocycles. The van der Waals surface area contributed by atoms with Crippen molar-refractivity contribution in [2.24, 2.45) is 7.05 Å². The van der Waals surface area contributed by atoms with Gasteiger partial charge in [-0.05, 0) is 66.7 Å². The van der Waals surface area contributed by atoms with Crippen LogP contribution in [0.2, 0.25) is 18.1 Å².